The second-order valence-electron chi connectivity index (χ2n) is 8.81. The predicted molar refractivity (Wildman–Crippen MR) is 117 cm³/mol. The normalized spacial score (nSPS) is 31.2. The molecule has 3 aliphatic rings. The van der Waals surface area contributed by atoms with Crippen molar-refractivity contribution in [1.82, 2.24) is 0 Å². The maximum Gasteiger partial charge on any atom is 0.178 e. The van der Waals surface area contributed by atoms with Gasteiger partial charge in [-0.25, -0.2) is 4.39 Å². The Balaban J connectivity index is 1.38. The number of aliphatic hydroxyl groups excluding tert-OH is 1. The third kappa shape index (κ3) is 3.58. The van der Waals surface area contributed by atoms with E-state index in [2.05, 4.69) is 19.1 Å². The van der Waals surface area contributed by atoms with E-state index in [1.165, 1.54) is 27.7 Å². The van der Waals surface area contributed by atoms with E-state index < -0.39 is 5.79 Å². The van der Waals surface area contributed by atoms with Gasteiger partial charge in [0, 0.05) is 34.1 Å². The number of halogens is 1. The van der Waals surface area contributed by atoms with Crippen LogP contribution >= 0.6 is 11.3 Å². The molecule has 1 aromatic carbocycles. The Morgan fingerprint density at radius 1 is 1.23 bits per heavy atom. The summed E-state index contributed by atoms with van der Waals surface area (Å²) in [4.78, 5) is 2.19. The molecule has 0 bridgehead atoms. The lowest BCUT2D eigenvalue weighted by molar-refractivity contribution is -0.288. The molecule has 2 aromatic rings. The molecule has 2 fully saturated rings. The van der Waals surface area contributed by atoms with Gasteiger partial charge in [0.15, 0.2) is 5.79 Å². The third-order valence-electron chi connectivity index (χ3n) is 6.59. The summed E-state index contributed by atoms with van der Waals surface area (Å²) in [7, 11) is 0. The van der Waals surface area contributed by atoms with Crippen molar-refractivity contribution < 1.29 is 19.0 Å². The fourth-order valence-electron chi connectivity index (χ4n) is 5.16. The Morgan fingerprint density at radius 3 is 2.87 bits per heavy atom. The van der Waals surface area contributed by atoms with Crippen LogP contribution in [0.25, 0.3) is 10.4 Å². The lowest BCUT2D eigenvalue weighted by Crippen LogP contribution is -2.49. The number of hydrogen-bond donors (Lipinski definition) is 1. The lowest BCUT2D eigenvalue weighted by Gasteiger charge is -2.43. The second-order valence-corrected chi connectivity index (χ2v) is 9.98. The summed E-state index contributed by atoms with van der Waals surface area (Å²) in [5.74, 6) is -0.735. The number of rotatable bonds is 3. The van der Waals surface area contributed by atoms with Crippen molar-refractivity contribution in [3.63, 3.8) is 0 Å². The fourth-order valence-corrected chi connectivity index (χ4v) is 6.23. The Morgan fingerprint density at radius 2 is 2.07 bits per heavy atom. The van der Waals surface area contributed by atoms with Crippen LogP contribution in [-0.4, -0.2) is 29.7 Å². The third-order valence-corrected chi connectivity index (χ3v) is 7.70. The van der Waals surface area contributed by atoms with Gasteiger partial charge in [0.05, 0.1) is 18.8 Å². The number of benzene rings is 1. The standard InChI is InChI=1S/C25H27FO3S/c1-15-9-18-14-28-25(13-19(27)10-16(2)29-25)22(18)12-17(15)11-20-7-8-24(30-20)21-5-3-4-6-23(21)26/h3-9,16,19,22,27H,10-14H2,1-2H3/t16-,19+,22?,25-/m1/s1. The summed E-state index contributed by atoms with van der Waals surface area (Å²) >= 11 is 1.65. The molecule has 0 saturated carbocycles. The van der Waals surface area contributed by atoms with E-state index in [1.54, 1.807) is 17.4 Å². The minimum absolute atomic E-state index is 0.0100. The van der Waals surface area contributed by atoms with Crippen molar-refractivity contribution in [2.24, 2.45) is 5.92 Å². The molecule has 1 spiro atoms. The van der Waals surface area contributed by atoms with Crippen LogP contribution in [0.1, 0.15) is 38.0 Å². The minimum Gasteiger partial charge on any atom is -0.393 e. The minimum atomic E-state index is -0.706. The number of allylic oxidation sites excluding steroid dienone is 3. The lowest BCUT2D eigenvalue weighted by atomic mass is 9.77. The van der Waals surface area contributed by atoms with Crippen LogP contribution in [0.15, 0.2) is 59.2 Å². The van der Waals surface area contributed by atoms with Gasteiger partial charge in [-0.1, -0.05) is 35.4 Å². The number of ether oxygens (including phenoxy) is 2. The largest absolute Gasteiger partial charge is 0.393 e. The summed E-state index contributed by atoms with van der Waals surface area (Å²) in [5.41, 5.74) is 4.59. The Kier molecular flexibility index (Phi) is 5.18. The van der Waals surface area contributed by atoms with Gasteiger partial charge in [0.1, 0.15) is 5.82 Å². The molecule has 5 heteroatoms. The molecule has 3 heterocycles. The van der Waals surface area contributed by atoms with Crippen molar-refractivity contribution in [2.75, 3.05) is 6.61 Å². The van der Waals surface area contributed by atoms with Crippen LogP contribution in [-0.2, 0) is 15.9 Å². The van der Waals surface area contributed by atoms with Crippen LogP contribution in [0.5, 0.6) is 0 Å². The maximum absolute atomic E-state index is 14.2. The molecule has 1 N–H and O–H groups in total. The zero-order chi connectivity index (χ0) is 20.9. The van der Waals surface area contributed by atoms with Gasteiger partial charge in [0.2, 0.25) is 0 Å². The molecular weight excluding hydrogens is 399 g/mol. The smallest absolute Gasteiger partial charge is 0.178 e. The van der Waals surface area contributed by atoms with Crippen LogP contribution in [0.2, 0.25) is 0 Å². The van der Waals surface area contributed by atoms with E-state index in [4.69, 9.17) is 9.47 Å². The highest BCUT2D eigenvalue weighted by Crippen LogP contribution is 2.50. The zero-order valence-corrected chi connectivity index (χ0v) is 18.2. The van der Waals surface area contributed by atoms with Gasteiger partial charge >= 0.3 is 0 Å². The van der Waals surface area contributed by atoms with E-state index >= 15 is 0 Å². The molecule has 3 nitrogen and oxygen atoms in total. The highest BCUT2D eigenvalue weighted by Gasteiger charge is 2.53. The molecule has 0 radical (unpaired) electrons. The first-order valence-corrected chi connectivity index (χ1v) is 11.5. The second kappa shape index (κ2) is 7.72. The highest BCUT2D eigenvalue weighted by atomic mass is 32.1. The van der Waals surface area contributed by atoms with Gasteiger partial charge < -0.3 is 14.6 Å². The van der Waals surface area contributed by atoms with E-state index in [0.29, 0.717) is 25.0 Å². The van der Waals surface area contributed by atoms with Crippen molar-refractivity contribution >= 4 is 11.3 Å². The molecule has 158 valence electrons. The molecule has 1 unspecified atom stereocenters. The average Bonchev–Trinajstić information content (AvgIpc) is 3.27. The number of hydrogen-bond acceptors (Lipinski definition) is 4. The number of thiophene rings is 1. The number of aliphatic hydroxyl groups is 1. The molecule has 2 aliphatic heterocycles. The van der Waals surface area contributed by atoms with Crippen LogP contribution < -0.4 is 0 Å². The fraction of sp³-hybridized carbons (Fsp3) is 0.440. The Hall–Kier alpha value is -1.79. The van der Waals surface area contributed by atoms with E-state index in [9.17, 15) is 9.50 Å². The van der Waals surface area contributed by atoms with Gasteiger partial charge in [-0.3, -0.25) is 0 Å². The van der Waals surface area contributed by atoms with E-state index in [1.807, 2.05) is 25.1 Å². The molecule has 4 atom stereocenters. The van der Waals surface area contributed by atoms with Gasteiger partial charge in [-0.15, -0.1) is 11.3 Å². The van der Waals surface area contributed by atoms with Crippen molar-refractivity contribution in [1.29, 1.82) is 0 Å². The molecule has 5 rings (SSSR count). The van der Waals surface area contributed by atoms with Gasteiger partial charge in [-0.2, -0.15) is 0 Å². The summed E-state index contributed by atoms with van der Waals surface area (Å²) in [5, 5.41) is 10.4. The zero-order valence-electron chi connectivity index (χ0n) is 17.4. The average molecular weight is 427 g/mol. The van der Waals surface area contributed by atoms with Crippen LogP contribution in [0.4, 0.5) is 4.39 Å². The summed E-state index contributed by atoms with van der Waals surface area (Å²) in [6.07, 6.45) is 4.77. The van der Waals surface area contributed by atoms with Crippen LogP contribution in [0.3, 0.4) is 0 Å². The molecule has 0 amide bonds. The molecule has 1 aliphatic carbocycles. The first-order valence-electron chi connectivity index (χ1n) is 10.7. The van der Waals surface area contributed by atoms with E-state index in [0.717, 1.165) is 17.7 Å². The molecule has 1 aromatic heterocycles. The number of fused-ring (bicyclic) bond motifs is 2. The molecular formula is C25H27FO3S. The summed E-state index contributed by atoms with van der Waals surface area (Å²) in [6.45, 7) is 4.75. The van der Waals surface area contributed by atoms with Crippen molar-refractivity contribution in [2.45, 2.75) is 57.5 Å². The molecule has 2 saturated heterocycles. The summed E-state index contributed by atoms with van der Waals surface area (Å²) in [6, 6.07) is 11.1. The quantitative estimate of drug-likeness (QED) is 0.690. The van der Waals surface area contributed by atoms with Crippen molar-refractivity contribution in [3.8, 4) is 10.4 Å². The first kappa shape index (κ1) is 20.1. The summed E-state index contributed by atoms with van der Waals surface area (Å²) < 4.78 is 26.6. The highest BCUT2D eigenvalue weighted by molar-refractivity contribution is 7.15. The molecule has 30 heavy (non-hydrogen) atoms. The van der Waals surface area contributed by atoms with Crippen LogP contribution in [0, 0.1) is 11.7 Å². The van der Waals surface area contributed by atoms with E-state index in [-0.39, 0.29) is 23.9 Å². The Labute approximate surface area is 180 Å². The monoisotopic (exact) mass is 426 g/mol. The van der Waals surface area contributed by atoms with Gasteiger partial charge in [0.25, 0.3) is 0 Å². The Bertz CT molecular complexity index is 1010. The predicted octanol–water partition coefficient (Wildman–Crippen LogP) is 5.65. The first-order chi connectivity index (χ1) is 14.4. The van der Waals surface area contributed by atoms with Crippen molar-refractivity contribution in [3.05, 3.63) is 69.9 Å². The topological polar surface area (TPSA) is 38.7 Å². The SMILES string of the molecule is CC1=C(Cc2ccc(-c3ccccc3F)s2)CC2C(=C1)CO[C@@]21C[C@@H](O)C[C@@H](C)O1. The maximum atomic E-state index is 14.2. The van der Waals surface area contributed by atoms with Gasteiger partial charge in [-0.05, 0) is 50.5 Å².